The third-order valence-corrected chi connectivity index (χ3v) is 3.67. The summed E-state index contributed by atoms with van der Waals surface area (Å²) in [6, 6.07) is 10.7. The van der Waals surface area contributed by atoms with Crippen LogP contribution in [-0.4, -0.2) is 15.5 Å². The van der Waals surface area contributed by atoms with E-state index in [4.69, 9.17) is 0 Å². The molecule has 2 aromatic heterocycles. The number of hydrogen-bond donors (Lipinski definition) is 2. The molecule has 20 heavy (non-hydrogen) atoms. The smallest absolute Gasteiger partial charge is 0.321 e. The Morgan fingerprint density at radius 3 is 2.60 bits per heavy atom. The molecule has 0 saturated heterocycles. The first kappa shape index (κ1) is 12.4. The molecule has 5 nitrogen and oxygen atoms in total. The highest BCUT2D eigenvalue weighted by Gasteiger charge is 2.07. The van der Waals surface area contributed by atoms with Gasteiger partial charge in [0, 0.05) is 18.1 Å². The van der Waals surface area contributed by atoms with Crippen LogP contribution in [0.5, 0.6) is 0 Å². The standard InChI is InChI=1S/C14H11N3O2S/c18-13(12-2-1-9-20-12)16-10-3-5-11(6-4-10)17-8-7-15-14(17)19/h1-9H,(H,15,19)(H,16,18). The number of carbonyl (C=O) groups is 1. The van der Waals surface area contributed by atoms with Gasteiger partial charge in [-0.1, -0.05) is 6.07 Å². The monoisotopic (exact) mass is 285 g/mol. The van der Waals surface area contributed by atoms with E-state index in [1.807, 2.05) is 11.4 Å². The van der Waals surface area contributed by atoms with Gasteiger partial charge >= 0.3 is 5.69 Å². The van der Waals surface area contributed by atoms with Crippen LogP contribution < -0.4 is 11.0 Å². The van der Waals surface area contributed by atoms with Crippen LogP contribution in [0.2, 0.25) is 0 Å². The minimum atomic E-state index is -0.194. The van der Waals surface area contributed by atoms with Gasteiger partial charge < -0.3 is 10.3 Å². The van der Waals surface area contributed by atoms with Gasteiger partial charge in [0.25, 0.3) is 5.91 Å². The number of carbonyl (C=O) groups excluding carboxylic acids is 1. The number of anilines is 1. The average molecular weight is 285 g/mol. The number of rotatable bonds is 3. The summed E-state index contributed by atoms with van der Waals surface area (Å²) >= 11 is 1.39. The summed E-state index contributed by atoms with van der Waals surface area (Å²) in [4.78, 5) is 26.6. The molecule has 0 spiro atoms. The minimum Gasteiger partial charge on any atom is -0.321 e. The molecule has 0 unspecified atom stereocenters. The van der Waals surface area contributed by atoms with E-state index >= 15 is 0 Å². The van der Waals surface area contributed by atoms with Crippen molar-refractivity contribution in [3.63, 3.8) is 0 Å². The molecule has 1 aromatic carbocycles. The van der Waals surface area contributed by atoms with E-state index < -0.39 is 0 Å². The normalized spacial score (nSPS) is 10.4. The maximum absolute atomic E-state index is 11.9. The van der Waals surface area contributed by atoms with E-state index in [1.165, 1.54) is 15.9 Å². The Kier molecular flexibility index (Phi) is 3.22. The lowest BCUT2D eigenvalue weighted by molar-refractivity contribution is 0.103. The summed E-state index contributed by atoms with van der Waals surface area (Å²) in [5.74, 6) is -0.133. The SMILES string of the molecule is O=C(Nc1ccc(-n2cc[nH]c2=O)cc1)c1cccs1. The maximum Gasteiger partial charge on any atom is 0.330 e. The van der Waals surface area contributed by atoms with Crippen LogP contribution in [0.4, 0.5) is 5.69 Å². The van der Waals surface area contributed by atoms with Gasteiger partial charge in [-0.2, -0.15) is 0 Å². The van der Waals surface area contributed by atoms with E-state index in [-0.39, 0.29) is 11.6 Å². The van der Waals surface area contributed by atoms with E-state index in [1.54, 1.807) is 42.7 Å². The third-order valence-electron chi connectivity index (χ3n) is 2.80. The van der Waals surface area contributed by atoms with Gasteiger partial charge in [0.05, 0.1) is 10.6 Å². The zero-order valence-corrected chi connectivity index (χ0v) is 11.2. The Bertz CT molecular complexity index is 769. The number of H-pyrrole nitrogens is 1. The zero-order valence-electron chi connectivity index (χ0n) is 10.4. The predicted molar refractivity (Wildman–Crippen MR) is 78.7 cm³/mol. The highest BCUT2D eigenvalue weighted by Crippen LogP contribution is 2.15. The quantitative estimate of drug-likeness (QED) is 0.776. The largest absolute Gasteiger partial charge is 0.330 e. The molecule has 2 heterocycles. The number of aromatic amines is 1. The molecular weight excluding hydrogens is 274 g/mol. The Morgan fingerprint density at radius 1 is 1.20 bits per heavy atom. The van der Waals surface area contributed by atoms with Crippen molar-refractivity contribution in [2.75, 3.05) is 5.32 Å². The third kappa shape index (κ3) is 2.41. The van der Waals surface area contributed by atoms with Gasteiger partial charge in [-0.15, -0.1) is 11.3 Å². The second kappa shape index (κ2) is 5.18. The zero-order chi connectivity index (χ0) is 13.9. The summed E-state index contributed by atoms with van der Waals surface area (Å²) in [5, 5.41) is 4.67. The van der Waals surface area contributed by atoms with Crippen molar-refractivity contribution >= 4 is 22.9 Å². The van der Waals surface area contributed by atoms with Crippen molar-refractivity contribution in [2.45, 2.75) is 0 Å². The molecule has 3 aromatic rings. The molecular formula is C14H11N3O2S. The number of benzene rings is 1. The molecule has 1 amide bonds. The molecule has 0 bridgehead atoms. The van der Waals surface area contributed by atoms with Gasteiger partial charge in [-0.05, 0) is 35.7 Å². The number of nitrogens with zero attached hydrogens (tertiary/aromatic N) is 1. The fourth-order valence-electron chi connectivity index (χ4n) is 1.83. The predicted octanol–water partition coefficient (Wildman–Crippen LogP) is 2.48. The topological polar surface area (TPSA) is 66.9 Å². The van der Waals surface area contributed by atoms with Gasteiger partial charge in [0.1, 0.15) is 0 Å². The van der Waals surface area contributed by atoms with Gasteiger partial charge in [-0.25, -0.2) is 4.79 Å². The van der Waals surface area contributed by atoms with Crippen molar-refractivity contribution in [3.05, 3.63) is 69.5 Å². The second-order valence-corrected chi connectivity index (χ2v) is 5.06. The molecule has 6 heteroatoms. The summed E-state index contributed by atoms with van der Waals surface area (Å²) in [7, 11) is 0. The number of aromatic nitrogens is 2. The number of imidazole rings is 1. The highest BCUT2D eigenvalue weighted by atomic mass is 32.1. The highest BCUT2D eigenvalue weighted by molar-refractivity contribution is 7.12. The molecule has 0 saturated carbocycles. The Labute approximate surface area is 118 Å². The first-order valence-electron chi connectivity index (χ1n) is 5.95. The molecule has 0 radical (unpaired) electrons. The summed E-state index contributed by atoms with van der Waals surface area (Å²) in [5.41, 5.74) is 1.24. The van der Waals surface area contributed by atoms with Crippen molar-refractivity contribution in [3.8, 4) is 5.69 Å². The lowest BCUT2D eigenvalue weighted by atomic mass is 10.2. The van der Waals surface area contributed by atoms with Gasteiger partial charge in [0.15, 0.2) is 0 Å². The molecule has 0 fully saturated rings. The molecule has 0 aliphatic carbocycles. The van der Waals surface area contributed by atoms with E-state index in [0.29, 0.717) is 10.6 Å². The van der Waals surface area contributed by atoms with Crippen molar-refractivity contribution in [1.82, 2.24) is 9.55 Å². The van der Waals surface area contributed by atoms with Gasteiger partial charge in [-0.3, -0.25) is 9.36 Å². The van der Waals surface area contributed by atoms with E-state index in [0.717, 1.165) is 5.69 Å². The number of nitrogens with one attached hydrogen (secondary N) is 2. The molecule has 0 aliphatic rings. The van der Waals surface area contributed by atoms with Crippen molar-refractivity contribution in [2.24, 2.45) is 0 Å². The minimum absolute atomic E-state index is 0.133. The lowest BCUT2D eigenvalue weighted by Gasteiger charge is -2.05. The Morgan fingerprint density at radius 2 is 2.00 bits per heavy atom. The Balaban J connectivity index is 1.79. The first-order chi connectivity index (χ1) is 9.74. The molecule has 0 aliphatic heterocycles. The van der Waals surface area contributed by atoms with Crippen LogP contribution in [0.15, 0.2) is 59.0 Å². The Hall–Kier alpha value is -2.60. The molecule has 0 atom stereocenters. The average Bonchev–Trinajstić information content (AvgIpc) is 3.11. The van der Waals surface area contributed by atoms with Crippen molar-refractivity contribution < 1.29 is 4.79 Å². The summed E-state index contributed by atoms with van der Waals surface area (Å²) < 4.78 is 1.49. The fourth-order valence-corrected chi connectivity index (χ4v) is 2.45. The van der Waals surface area contributed by atoms with Crippen LogP contribution in [0, 0.1) is 0 Å². The first-order valence-corrected chi connectivity index (χ1v) is 6.83. The van der Waals surface area contributed by atoms with Crippen LogP contribution in [0.1, 0.15) is 9.67 Å². The van der Waals surface area contributed by atoms with Gasteiger partial charge in [0.2, 0.25) is 0 Å². The fraction of sp³-hybridized carbons (Fsp3) is 0. The lowest BCUT2D eigenvalue weighted by Crippen LogP contribution is -2.14. The van der Waals surface area contributed by atoms with Crippen molar-refractivity contribution in [1.29, 1.82) is 0 Å². The maximum atomic E-state index is 11.9. The molecule has 3 rings (SSSR count). The van der Waals surface area contributed by atoms with Crippen LogP contribution in [0.3, 0.4) is 0 Å². The number of hydrogen-bond acceptors (Lipinski definition) is 3. The van der Waals surface area contributed by atoms with Crippen LogP contribution >= 0.6 is 11.3 Å². The summed E-state index contributed by atoms with van der Waals surface area (Å²) in [6.07, 6.45) is 3.23. The summed E-state index contributed by atoms with van der Waals surface area (Å²) in [6.45, 7) is 0. The number of amides is 1. The second-order valence-electron chi connectivity index (χ2n) is 4.11. The van der Waals surface area contributed by atoms with Crippen LogP contribution in [-0.2, 0) is 0 Å². The van der Waals surface area contributed by atoms with Crippen LogP contribution in [0.25, 0.3) is 5.69 Å². The molecule has 2 N–H and O–H groups in total. The van der Waals surface area contributed by atoms with E-state index in [2.05, 4.69) is 10.3 Å². The molecule has 100 valence electrons. The van der Waals surface area contributed by atoms with E-state index in [9.17, 15) is 9.59 Å². The number of thiophene rings is 1.